The van der Waals surface area contributed by atoms with Gasteiger partial charge in [0.2, 0.25) is 0 Å². The second kappa shape index (κ2) is 4.91. The first-order valence-corrected chi connectivity index (χ1v) is 6.62. The van der Waals surface area contributed by atoms with Gasteiger partial charge in [-0.05, 0) is 19.8 Å². The number of carbonyl (C=O) groups is 2. The minimum Gasteiger partial charge on any atom is -0.489 e. The van der Waals surface area contributed by atoms with Crippen molar-refractivity contribution in [3.05, 3.63) is 11.3 Å². The zero-order chi connectivity index (χ0) is 12.8. The third-order valence-electron chi connectivity index (χ3n) is 3.17. The molecule has 1 aliphatic heterocycles. The van der Waals surface area contributed by atoms with E-state index in [9.17, 15) is 18.0 Å². The summed E-state index contributed by atoms with van der Waals surface area (Å²) in [6.07, 6.45) is 0.300. The Morgan fingerprint density at radius 3 is 2.50 bits per heavy atom. The molecule has 1 N–H and O–H groups in total. The lowest BCUT2D eigenvalue weighted by Crippen LogP contribution is -2.50. The number of ketones is 2. The smallest absolute Gasteiger partial charge is 0.316 e. The highest BCUT2D eigenvalue weighted by atomic mass is 32.2. The average Bonchev–Trinajstić information content (AvgIpc) is 2.25. The van der Waals surface area contributed by atoms with Crippen LogP contribution in [0.2, 0.25) is 0 Å². The van der Waals surface area contributed by atoms with E-state index in [0.717, 1.165) is 6.92 Å². The molecule has 6 nitrogen and oxygen atoms in total. The predicted molar refractivity (Wildman–Crippen MR) is 65.3 cm³/mol. The molecule has 0 spiro atoms. The maximum Gasteiger partial charge on any atom is 0.316 e. The molecule has 0 amide bonds. The van der Waals surface area contributed by atoms with Crippen LogP contribution in [0.1, 0.15) is 26.2 Å². The number of allylic oxidation sites excluding steroid dienone is 2. The van der Waals surface area contributed by atoms with E-state index in [4.69, 9.17) is 9.29 Å². The molecule has 0 saturated carbocycles. The van der Waals surface area contributed by atoms with E-state index in [-0.39, 0.29) is 34.4 Å². The summed E-state index contributed by atoms with van der Waals surface area (Å²) in [5.41, 5.74) is 0.0904. The number of hydrogen-bond acceptors (Lipinski definition) is 5. The van der Waals surface area contributed by atoms with Crippen molar-refractivity contribution in [2.45, 2.75) is 30.9 Å². The number of ether oxygens (including phenoxy) is 1. The molecule has 1 unspecified atom stereocenters. The molecule has 0 fully saturated rings. The Labute approximate surface area is 121 Å². The molecule has 1 atom stereocenters. The van der Waals surface area contributed by atoms with E-state index in [1.54, 1.807) is 0 Å². The van der Waals surface area contributed by atoms with Crippen LogP contribution in [0.3, 0.4) is 0 Å². The second-order valence-corrected chi connectivity index (χ2v) is 6.25. The zero-order valence-corrected chi connectivity index (χ0v) is 10.0. The van der Waals surface area contributed by atoms with Crippen molar-refractivity contribution >= 4 is 44.7 Å². The van der Waals surface area contributed by atoms with Crippen LogP contribution < -0.4 is 0 Å². The monoisotopic (exact) mass is 286 g/mol. The first kappa shape index (κ1) is 15.6. The van der Waals surface area contributed by atoms with Gasteiger partial charge in [-0.2, -0.15) is 8.42 Å². The van der Waals surface area contributed by atoms with Gasteiger partial charge in [-0.3, -0.25) is 14.1 Å². The lowest BCUT2D eigenvalue weighted by molar-refractivity contribution is -0.128. The second-order valence-electron chi connectivity index (χ2n) is 4.39. The summed E-state index contributed by atoms with van der Waals surface area (Å²) in [5, 5.41) is 0. The van der Waals surface area contributed by atoms with Crippen molar-refractivity contribution in [3.8, 4) is 0 Å². The van der Waals surface area contributed by atoms with Gasteiger partial charge in [0.05, 0.1) is 6.61 Å². The fourth-order valence-corrected chi connectivity index (χ4v) is 2.75. The summed E-state index contributed by atoms with van der Waals surface area (Å²) in [6.45, 7) is 1.42. The Balaban J connectivity index is 0.00000162. The van der Waals surface area contributed by atoms with Gasteiger partial charge in [-0.25, -0.2) is 0 Å². The zero-order valence-electron chi connectivity index (χ0n) is 9.23. The molecule has 0 radical (unpaired) electrons. The van der Waals surface area contributed by atoms with Crippen LogP contribution in [0, 0.1) is 0 Å². The molecule has 0 aromatic rings. The van der Waals surface area contributed by atoms with E-state index >= 15 is 0 Å². The minimum atomic E-state index is -4.62. The van der Waals surface area contributed by atoms with Gasteiger partial charge in [0.25, 0.3) is 10.1 Å². The summed E-state index contributed by atoms with van der Waals surface area (Å²) in [6, 6.07) is 0. The normalized spacial score (nSPS) is 28.3. The summed E-state index contributed by atoms with van der Waals surface area (Å²) < 4.78 is 34.7. The molecule has 2 aliphatic rings. The first-order chi connectivity index (χ1) is 7.77. The Bertz CT molecular complexity index is 535. The first-order valence-electron chi connectivity index (χ1n) is 5.18. The van der Waals surface area contributed by atoms with E-state index < -0.39 is 32.9 Å². The molecule has 98 valence electrons. The van der Waals surface area contributed by atoms with Crippen LogP contribution in [0.25, 0.3) is 0 Å². The fraction of sp³-hybridized carbons (Fsp3) is 0.600. The van der Waals surface area contributed by atoms with E-state index in [1.807, 2.05) is 0 Å². The van der Waals surface area contributed by atoms with Gasteiger partial charge in [-0.1, -0.05) is 0 Å². The van der Waals surface area contributed by atoms with Crippen LogP contribution in [0.4, 0.5) is 0 Å². The third-order valence-corrected chi connectivity index (χ3v) is 4.63. The molecule has 0 saturated heterocycles. The number of hydrogen-bond donors (Lipinski definition) is 1. The van der Waals surface area contributed by atoms with Crippen molar-refractivity contribution in [1.82, 2.24) is 0 Å². The highest BCUT2D eigenvalue weighted by Gasteiger charge is 2.53. The van der Waals surface area contributed by atoms with Crippen LogP contribution in [-0.2, 0) is 24.4 Å². The largest absolute Gasteiger partial charge is 0.489 e. The summed E-state index contributed by atoms with van der Waals surface area (Å²) in [4.78, 5) is 23.8. The molecular formula is C10H14MgO6S. The summed E-state index contributed by atoms with van der Waals surface area (Å²) >= 11 is 0. The topological polar surface area (TPSA) is 97.7 Å². The van der Waals surface area contributed by atoms with Crippen molar-refractivity contribution in [2.24, 2.45) is 0 Å². The van der Waals surface area contributed by atoms with Gasteiger partial charge in [0, 0.05) is 12.0 Å². The number of Topliss-reactive ketones (excluding diaryl/α,β-unsaturated/α-hetero) is 2. The van der Waals surface area contributed by atoms with Crippen molar-refractivity contribution < 1.29 is 27.3 Å². The highest BCUT2D eigenvalue weighted by molar-refractivity contribution is 7.88. The lowest BCUT2D eigenvalue weighted by atomic mass is 9.83. The Morgan fingerprint density at radius 1 is 1.33 bits per heavy atom. The third kappa shape index (κ3) is 2.22. The van der Waals surface area contributed by atoms with Crippen molar-refractivity contribution in [1.29, 1.82) is 0 Å². The van der Waals surface area contributed by atoms with Crippen molar-refractivity contribution in [2.75, 3.05) is 6.61 Å². The van der Waals surface area contributed by atoms with Gasteiger partial charge < -0.3 is 4.74 Å². The van der Waals surface area contributed by atoms with Gasteiger partial charge in [0.15, 0.2) is 22.1 Å². The number of carbonyl (C=O) groups excluding carboxylic acids is 2. The van der Waals surface area contributed by atoms with Gasteiger partial charge in [-0.15, -0.1) is 0 Å². The number of rotatable bonds is 1. The molecule has 0 bridgehead atoms. The van der Waals surface area contributed by atoms with Gasteiger partial charge in [0.1, 0.15) is 0 Å². The molecule has 1 heterocycles. The molecule has 1 aliphatic carbocycles. The molecule has 0 aromatic carbocycles. The van der Waals surface area contributed by atoms with E-state index in [1.165, 1.54) is 0 Å². The molecule has 18 heavy (non-hydrogen) atoms. The molecule has 8 heteroatoms. The quantitative estimate of drug-likeness (QED) is 0.507. The lowest BCUT2D eigenvalue weighted by Gasteiger charge is -2.32. The molecule has 0 aromatic heterocycles. The van der Waals surface area contributed by atoms with Gasteiger partial charge >= 0.3 is 23.1 Å². The van der Waals surface area contributed by atoms with Crippen molar-refractivity contribution in [3.63, 3.8) is 0 Å². The Kier molecular flexibility index (Phi) is 4.26. The fourth-order valence-electron chi connectivity index (χ4n) is 2.08. The SMILES string of the molecule is CC1(S(=O)(=O)O)CC(=O)C2=C(CCCO2)C1=O.[MgH2]. The van der Waals surface area contributed by atoms with Crippen LogP contribution >= 0.6 is 0 Å². The molecule has 2 rings (SSSR count). The van der Waals surface area contributed by atoms with Crippen LogP contribution in [0.15, 0.2) is 11.3 Å². The minimum absolute atomic E-state index is 0. The maximum atomic E-state index is 12.0. The van der Waals surface area contributed by atoms with Crippen LogP contribution in [0.5, 0.6) is 0 Å². The average molecular weight is 287 g/mol. The van der Waals surface area contributed by atoms with Crippen LogP contribution in [-0.4, -0.2) is 58.9 Å². The van der Waals surface area contributed by atoms with E-state index in [2.05, 4.69) is 0 Å². The standard InChI is InChI=1S/C10H12O6S.Mg.2H/c1-10(17(13,14)15)5-7(11)8-6(9(10)12)3-2-4-16-8;;;/h2-5H2,1H3,(H,13,14,15);;;. The highest BCUT2D eigenvalue weighted by Crippen LogP contribution is 2.36. The Hall–Kier alpha value is -0.444. The summed E-state index contributed by atoms with van der Waals surface area (Å²) in [5.74, 6) is -1.30. The van der Waals surface area contributed by atoms with E-state index in [0.29, 0.717) is 19.4 Å². The predicted octanol–water partition coefficient (Wildman–Crippen LogP) is -0.677. The summed E-state index contributed by atoms with van der Waals surface area (Å²) in [7, 11) is -4.62. The maximum absolute atomic E-state index is 12.0. The Morgan fingerprint density at radius 2 is 1.94 bits per heavy atom. The molecular weight excluding hydrogens is 272 g/mol.